The number of benzene rings is 2. The molecule has 0 N–H and O–H groups in total. The van der Waals surface area contributed by atoms with E-state index in [4.69, 9.17) is 4.74 Å². The number of nitrogens with zero attached hydrogens (tertiary/aromatic N) is 3. The fraction of sp³-hybridized carbons (Fsp3) is 0.462. The molecule has 2 aliphatic heterocycles. The smallest absolute Gasteiger partial charge is 0.243 e. The van der Waals surface area contributed by atoms with Crippen molar-refractivity contribution < 1.29 is 22.7 Å². The second-order valence-corrected chi connectivity index (χ2v) is 12.7. The van der Waals surface area contributed by atoms with Crippen LogP contribution in [0.25, 0.3) is 0 Å². The molecule has 0 aromatic heterocycles. The SMILES string of the molecule is CC(=O)c1ccc(SN2CC(CN(C)C)OC23CCN(S(=O)(=O)c2ccc(C(C)=O)cc2)CC3)cc1. The van der Waals surface area contributed by atoms with Gasteiger partial charge in [0.15, 0.2) is 11.6 Å². The molecule has 1 spiro atoms. The third-order valence-electron chi connectivity index (χ3n) is 6.66. The van der Waals surface area contributed by atoms with Crippen molar-refractivity contribution in [3.63, 3.8) is 0 Å². The molecule has 1 atom stereocenters. The highest BCUT2D eigenvalue weighted by molar-refractivity contribution is 7.97. The maximum atomic E-state index is 13.3. The maximum Gasteiger partial charge on any atom is 0.243 e. The van der Waals surface area contributed by atoms with Gasteiger partial charge in [0.1, 0.15) is 5.72 Å². The minimum Gasteiger partial charge on any atom is -0.354 e. The van der Waals surface area contributed by atoms with Gasteiger partial charge in [-0.15, -0.1) is 0 Å². The van der Waals surface area contributed by atoms with E-state index in [0.29, 0.717) is 37.1 Å². The van der Waals surface area contributed by atoms with Gasteiger partial charge in [-0.05, 0) is 64.2 Å². The van der Waals surface area contributed by atoms with E-state index in [2.05, 4.69) is 9.21 Å². The average Bonchev–Trinajstić information content (AvgIpc) is 3.14. The first kappa shape index (κ1) is 27.0. The molecule has 0 saturated carbocycles. The van der Waals surface area contributed by atoms with Crippen molar-refractivity contribution in [1.29, 1.82) is 0 Å². The molecule has 4 rings (SSSR count). The molecule has 2 aromatic carbocycles. The van der Waals surface area contributed by atoms with Crippen LogP contribution in [0.2, 0.25) is 0 Å². The van der Waals surface area contributed by atoms with E-state index in [1.165, 1.54) is 23.4 Å². The summed E-state index contributed by atoms with van der Waals surface area (Å²) in [6.07, 6.45) is 1.09. The van der Waals surface area contributed by atoms with Gasteiger partial charge in [0, 0.05) is 55.0 Å². The normalized spacial score (nSPS) is 20.8. The van der Waals surface area contributed by atoms with Crippen LogP contribution in [-0.2, 0) is 14.8 Å². The molecule has 2 aromatic rings. The Morgan fingerprint density at radius 2 is 1.50 bits per heavy atom. The van der Waals surface area contributed by atoms with Crippen LogP contribution in [-0.4, -0.2) is 85.6 Å². The first-order chi connectivity index (χ1) is 17.0. The van der Waals surface area contributed by atoms with Crippen molar-refractivity contribution in [1.82, 2.24) is 13.5 Å². The van der Waals surface area contributed by atoms with Gasteiger partial charge in [-0.3, -0.25) is 9.59 Å². The topological polar surface area (TPSA) is 87.2 Å². The van der Waals surface area contributed by atoms with Gasteiger partial charge in [-0.25, -0.2) is 12.7 Å². The van der Waals surface area contributed by atoms with E-state index in [1.807, 2.05) is 38.4 Å². The molecule has 0 aliphatic carbocycles. The molecule has 1 unspecified atom stereocenters. The van der Waals surface area contributed by atoms with E-state index < -0.39 is 15.7 Å². The summed E-state index contributed by atoms with van der Waals surface area (Å²) in [5.41, 5.74) is 0.587. The number of carbonyl (C=O) groups is 2. The molecule has 2 fully saturated rings. The molecule has 0 bridgehead atoms. The molecule has 2 heterocycles. The Labute approximate surface area is 217 Å². The van der Waals surface area contributed by atoms with E-state index in [9.17, 15) is 18.0 Å². The van der Waals surface area contributed by atoms with Crippen molar-refractivity contribution in [2.24, 2.45) is 0 Å². The zero-order valence-corrected chi connectivity index (χ0v) is 22.8. The summed E-state index contributed by atoms with van der Waals surface area (Å²) in [6, 6.07) is 13.7. The van der Waals surface area contributed by atoms with Crippen molar-refractivity contribution in [3.8, 4) is 0 Å². The van der Waals surface area contributed by atoms with Crippen molar-refractivity contribution in [2.45, 2.75) is 48.3 Å². The zero-order chi connectivity index (χ0) is 26.1. The number of piperidine rings is 1. The van der Waals surface area contributed by atoms with Gasteiger partial charge in [-0.1, -0.05) is 24.3 Å². The summed E-state index contributed by atoms with van der Waals surface area (Å²) in [5, 5.41) is 0. The average molecular weight is 532 g/mol. The highest BCUT2D eigenvalue weighted by Crippen LogP contribution is 2.44. The van der Waals surface area contributed by atoms with Crippen molar-refractivity contribution in [2.75, 3.05) is 40.3 Å². The molecule has 10 heteroatoms. The number of likely N-dealkylation sites (N-methyl/N-ethyl adjacent to an activating group) is 1. The molecule has 8 nitrogen and oxygen atoms in total. The van der Waals surface area contributed by atoms with Crippen LogP contribution in [0, 0.1) is 0 Å². The van der Waals surface area contributed by atoms with Gasteiger partial charge < -0.3 is 9.64 Å². The monoisotopic (exact) mass is 531 g/mol. The van der Waals surface area contributed by atoms with Crippen molar-refractivity contribution >= 4 is 33.5 Å². The molecule has 36 heavy (non-hydrogen) atoms. The molecule has 194 valence electrons. The van der Waals surface area contributed by atoms with Gasteiger partial charge in [-0.2, -0.15) is 4.31 Å². The Hall–Kier alpha value is -2.08. The lowest BCUT2D eigenvalue weighted by Gasteiger charge is -2.42. The number of carbonyl (C=O) groups excluding carboxylic acids is 2. The third kappa shape index (κ3) is 5.74. The predicted octanol–water partition coefficient (Wildman–Crippen LogP) is 3.54. The van der Waals surface area contributed by atoms with Crippen LogP contribution >= 0.6 is 11.9 Å². The summed E-state index contributed by atoms with van der Waals surface area (Å²) in [7, 11) is 0.354. The molecule has 2 saturated heterocycles. The predicted molar refractivity (Wildman–Crippen MR) is 140 cm³/mol. The quantitative estimate of drug-likeness (QED) is 0.378. The number of ketones is 2. The highest BCUT2D eigenvalue weighted by Gasteiger charge is 2.50. The summed E-state index contributed by atoms with van der Waals surface area (Å²) < 4.78 is 36.9. The van der Waals surface area contributed by atoms with Gasteiger partial charge in [0.2, 0.25) is 10.0 Å². The second-order valence-electron chi connectivity index (χ2n) is 9.67. The number of Topliss-reactive ketones (excluding diaryl/α,β-unsaturated/α-hetero) is 2. The minimum atomic E-state index is -3.67. The van der Waals surface area contributed by atoms with Crippen LogP contribution in [0.1, 0.15) is 47.4 Å². The van der Waals surface area contributed by atoms with E-state index in [-0.39, 0.29) is 22.6 Å². The summed E-state index contributed by atoms with van der Waals surface area (Å²) in [4.78, 5) is 26.5. The number of ether oxygens (including phenoxy) is 1. The Kier molecular flexibility index (Phi) is 8.04. The third-order valence-corrected chi connectivity index (χ3v) is 9.76. The first-order valence-corrected chi connectivity index (χ1v) is 14.2. The number of hydrogen-bond donors (Lipinski definition) is 0. The molecule has 2 aliphatic rings. The standard InChI is InChI=1S/C26H33N3O5S2/c1-19(30)21-5-9-24(10-6-21)35-29-18-23(17-27(3)4)34-26(29)13-15-28(16-14-26)36(32,33)25-11-7-22(8-12-25)20(2)31/h5-12,23H,13-18H2,1-4H3. The lowest BCUT2D eigenvalue weighted by atomic mass is 10.0. The number of hydrogen-bond acceptors (Lipinski definition) is 8. The Balaban J connectivity index is 1.50. The molecule has 0 radical (unpaired) electrons. The summed E-state index contributed by atoms with van der Waals surface area (Å²) >= 11 is 1.60. The Bertz CT molecular complexity index is 1210. The summed E-state index contributed by atoms with van der Waals surface area (Å²) in [5.74, 6) is -0.0684. The molecular formula is C26H33N3O5S2. The Morgan fingerprint density at radius 3 is 2.00 bits per heavy atom. The van der Waals surface area contributed by atoms with Crippen LogP contribution in [0.4, 0.5) is 0 Å². The van der Waals surface area contributed by atoms with Gasteiger partial charge >= 0.3 is 0 Å². The van der Waals surface area contributed by atoms with Crippen LogP contribution in [0.3, 0.4) is 0 Å². The first-order valence-electron chi connectivity index (χ1n) is 12.0. The van der Waals surface area contributed by atoms with Crippen LogP contribution in [0.5, 0.6) is 0 Å². The van der Waals surface area contributed by atoms with Crippen molar-refractivity contribution in [3.05, 3.63) is 59.7 Å². The highest BCUT2D eigenvalue weighted by atomic mass is 32.2. The molecule has 0 amide bonds. The maximum absolute atomic E-state index is 13.3. The van der Waals surface area contributed by atoms with Gasteiger partial charge in [0.25, 0.3) is 0 Å². The lowest BCUT2D eigenvalue weighted by Crippen LogP contribution is -2.52. The van der Waals surface area contributed by atoms with Crippen LogP contribution < -0.4 is 0 Å². The van der Waals surface area contributed by atoms with Gasteiger partial charge in [0.05, 0.1) is 11.0 Å². The fourth-order valence-corrected chi connectivity index (χ4v) is 7.30. The lowest BCUT2D eigenvalue weighted by molar-refractivity contribution is -0.106. The number of sulfonamides is 1. The Morgan fingerprint density at radius 1 is 0.972 bits per heavy atom. The van der Waals surface area contributed by atoms with E-state index in [0.717, 1.165) is 18.0 Å². The van der Waals surface area contributed by atoms with Crippen LogP contribution in [0.15, 0.2) is 58.3 Å². The zero-order valence-electron chi connectivity index (χ0n) is 21.1. The molecular weight excluding hydrogens is 498 g/mol. The van der Waals surface area contributed by atoms with E-state index >= 15 is 0 Å². The minimum absolute atomic E-state index is 0.00581. The fourth-order valence-electron chi connectivity index (χ4n) is 4.71. The largest absolute Gasteiger partial charge is 0.354 e. The summed E-state index contributed by atoms with van der Waals surface area (Å²) in [6.45, 7) is 5.18. The number of rotatable bonds is 8. The second kappa shape index (κ2) is 10.7. The van der Waals surface area contributed by atoms with E-state index in [1.54, 1.807) is 31.0 Å².